The third-order valence-electron chi connectivity index (χ3n) is 2.08. The van der Waals surface area contributed by atoms with Crippen LogP contribution in [0.15, 0.2) is 39.5 Å². The Morgan fingerprint density at radius 2 is 2.06 bits per heavy atom. The van der Waals surface area contributed by atoms with E-state index in [0.29, 0.717) is 11.3 Å². The number of carbonyl (C=O) groups is 1. The minimum atomic E-state index is -0.422. The van der Waals surface area contributed by atoms with Crippen LogP contribution in [0.1, 0.15) is 6.92 Å². The summed E-state index contributed by atoms with van der Waals surface area (Å²) in [4.78, 5) is 21.6. The zero-order valence-corrected chi connectivity index (χ0v) is 9.14. The van der Waals surface area contributed by atoms with Crippen molar-refractivity contribution in [2.45, 2.75) is 6.92 Å². The second kappa shape index (κ2) is 4.69. The number of hydrogen-bond acceptors (Lipinski definition) is 5. The molecule has 1 heterocycles. The summed E-state index contributed by atoms with van der Waals surface area (Å²) < 4.78 is 14.8. The van der Waals surface area contributed by atoms with E-state index < -0.39 is 11.6 Å². The van der Waals surface area contributed by atoms with Gasteiger partial charge in [-0.2, -0.15) is 0 Å². The average molecular weight is 234 g/mol. The van der Waals surface area contributed by atoms with Crippen LogP contribution in [-0.4, -0.2) is 12.8 Å². The van der Waals surface area contributed by atoms with Crippen molar-refractivity contribution in [3.63, 3.8) is 0 Å². The second-order valence-electron chi connectivity index (χ2n) is 3.35. The molecule has 0 aliphatic carbocycles. The lowest BCUT2D eigenvalue weighted by Crippen LogP contribution is -2.06. The first kappa shape index (κ1) is 11.2. The van der Waals surface area contributed by atoms with E-state index in [0.717, 1.165) is 5.39 Å². The lowest BCUT2D eigenvalue weighted by Gasteiger charge is -2.06. The Morgan fingerprint density at radius 1 is 1.29 bits per heavy atom. The van der Waals surface area contributed by atoms with Crippen molar-refractivity contribution in [2.24, 2.45) is 0 Å². The van der Waals surface area contributed by atoms with Crippen LogP contribution >= 0.6 is 0 Å². The van der Waals surface area contributed by atoms with Crippen LogP contribution in [0, 0.1) is 0 Å². The van der Waals surface area contributed by atoms with Crippen LogP contribution in [0.3, 0.4) is 0 Å². The smallest absolute Gasteiger partial charge is 0.336 e. The summed E-state index contributed by atoms with van der Waals surface area (Å²) in [5.74, 6) is 0.0467. The van der Waals surface area contributed by atoms with E-state index in [-0.39, 0.29) is 6.79 Å². The molecule has 0 saturated carbocycles. The van der Waals surface area contributed by atoms with Crippen LogP contribution in [-0.2, 0) is 9.53 Å². The Labute approximate surface area is 96.6 Å². The van der Waals surface area contributed by atoms with Gasteiger partial charge >= 0.3 is 11.6 Å². The monoisotopic (exact) mass is 234 g/mol. The molecule has 0 unspecified atom stereocenters. The molecule has 0 aliphatic heterocycles. The van der Waals surface area contributed by atoms with E-state index in [1.807, 2.05) is 0 Å². The average Bonchev–Trinajstić information content (AvgIpc) is 2.28. The van der Waals surface area contributed by atoms with Crippen molar-refractivity contribution >= 4 is 16.9 Å². The Bertz CT molecular complexity index is 599. The summed E-state index contributed by atoms with van der Waals surface area (Å²) in [5, 5.41) is 0.796. The number of benzene rings is 1. The van der Waals surface area contributed by atoms with Gasteiger partial charge in [-0.25, -0.2) is 4.79 Å². The molecule has 1 aromatic heterocycles. The Balaban J connectivity index is 2.19. The Hall–Kier alpha value is -2.30. The highest BCUT2D eigenvalue weighted by Crippen LogP contribution is 2.19. The molecule has 0 spiro atoms. The van der Waals surface area contributed by atoms with Crippen LogP contribution in [0.25, 0.3) is 11.0 Å². The minimum Gasteiger partial charge on any atom is -0.457 e. The van der Waals surface area contributed by atoms with Gasteiger partial charge < -0.3 is 13.9 Å². The van der Waals surface area contributed by atoms with Gasteiger partial charge in [-0.05, 0) is 18.2 Å². The molecule has 0 amide bonds. The van der Waals surface area contributed by atoms with Gasteiger partial charge in [-0.15, -0.1) is 0 Å². The maximum Gasteiger partial charge on any atom is 0.336 e. The standard InChI is InChI=1S/C12H10O5/c1-8(13)15-7-16-10-4-2-9-3-5-12(14)17-11(9)6-10/h2-6H,7H2,1H3. The van der Waals surface area contributed by atoms with Crippen molar-refractivity contribution in [1.82, 2.24) is 0 Å². The third-order valence-corrected chi connectivity index (χ3v) is 2.08. The quantitative estimate of drug-likeness (QED) is 0.459. The van der Waals surface area contributed by atoms with Gasteiger partial charge in [0.1, 0.15) is 11.3 Å². The highest BCUT2D eigenvalue weighted by molar-refractivity contribution is 5.77. The molecular formula is C12H10O5. The fourth-order valence-corrected chi connectivity index (χ4v) is 1.31. The lowest BCUT2D eigenvalue weighted by atomic mass is 10.2. The van der Waals surface area contributed by atoms with E-state index in [1.165, 1.54) is 13.0 Å². The molecule has 2 rings (SSSR count). The highest BCUT2D eigenvalue weighted by Gasteiger charge is 2.01. The topological polar surface area (TPSA) is 65.7 Å². The minimum absolute atomic E-state index is 0.169. The fourth-order valence-electron chi connectivity index (χ4n) is 1.31. The second-order valence-corrected chi connectivity index (χ2v) is 3.35. The summed E-state index contributed by atoms with van der Waals surface area (Å²) in [6.45, 7) is 1.13. The number of rotatable bonds is 3. The molecule has 0 aliphatic rings. The lowest BCUT2D eigenvalue weighted by molar-refractivity contribution is -0.147. The number of ether oxygens (including phenoxy) is 2. The van der Waals surface area contributed by atoms with E-state index in [4.69, 9.17) is 9.15 Å². The molecule has 5 nitrogen and oxygen atoms in total. The van der Waals surface area contributed by atoms with Gasteiger partial charge in [-0.3, -0.25) is 4.79 Å². The Morgan fingerprint density at radius 3 is 2.82 bits per heavy atom. The van der Waals surface area contributed by atoms with E-state index in [2.05, 4.69) is 4.74 Å². The normalized spacial score (nSPS) is 10.2. The zero-order valence-electron chi connectivity index (χ0n) is 9.14. The SMILES string of the molecule is CC(=O)OCOc1ccc2ccc(=O)oc2c1. The van der Waals surface area contributed by atoms with Gasteiger partial charge in [0.15, 0.2) is 0 Å². The van der Waals surface area contributed by atoms with E-state index in [1.54, 1.807) is 24.3 Å². The zero-order chi connectivity index (χ0) is 12.3. The molecule has 0 bridgehead atoms. The molecule has 5 heteroatoms. The third kappa shape index (κ3) is 2.84. The molecule has 17 heavy (non-hydrogen) atoms. The molecule has 0 N–H and O–H groups in total. The fraction of sp³-hybridized carbons (Fsp3) is 0.167. The van der Waals surface area contributed by atoms with Crippen LogP contribution in [0.4, 0.5) is 0 Å². The molecule has 0 atom stereocenters. The predicted octanol–water partition coefficient (Wildman–Crippen LogP) is 1.69. The summed E-state index contributed by atoms with van der Waals surface area (Å²) in [6.07, 6.45) is 0. The van der Waals surface area contributed by atoms with Gasteiger partial charge in [0.2, 0.25) is 6.79 Å². The first-order valence-electron chi connectivity index (χ1n) is 4.95. The summed E-state index contributed by atoms with van der Waals surface area (Å²) in [6, 6.07) is 8.03. The molecule has 88 valence electrons. The maximum absolute atomic E-state index is 11.0. The van der Waals surface area contributed by atoms with Crippen molar-refractivity contribution in [2.75, 3.05) is 6.79 Å². The van der Waals surface area contributed by atoms with Crippen LogP contribution < -0.4 is 10.4 Å². The molecule has 2 aromatic rings. The first-order chi connectivity index (χ1) is 8.15. The first-order valence-corrected chi connectivity index (χ1v) is 4.95. The number of carbonyl (C=O) groups excluding carboxylic acids is 1. The Kier molecular flexibility index (Phi) is 3.09. The largest absolute Gasteiger partial charge is 0.457 e. The predicted molar refractivity (Wildman–Crippen MR) is 59.7 cm³/mol. The molecule has 0 radical (unpaired) electrons. The van der Waals surface area contributed by atoms with Crippen LogP contribution in [0.2, 0.25) is 0 Å². The van der Waals surface area contributed by atoms with Crippen molar-refractivity contribution in [3.8, 4) is 5.75 Å². The maximum atomic E-state index is 11.0. The number of esters is 1. The number of hydrogen-bond donors (Lipinski definition) is 0. The van der Waals surface area contributed by atoms with Gasteiger partial charge in [-0.1, -0.05) is 0 Å². The molecule has 1 aromatic carbocycles. The van der Waals surface area contributed by atoms with Crippen molar-refractivity contribution in [3.05, 3.63) is 40.8 Å². The molecular weight excluding hydrogens is 224 g/mol. The highest BCUT2D eigenvalue weighted by atomic mass is 16.7. The van der Waals surface area contributed by atoms with Gasteiger partial charge in [0, 0.05) is 24.4 Å². The van der Waals surface area contributed by atoms with Gasteiger partial charge in [0.05, 0.1) is 0 Å². The summed E-state index contributed by atoms with van der Waals surface area (Å²) >= 11 is 0. The summed E-state index contributed by atoms with van der Waals surface area (Å²) in [5.41, 5.74) is 0.00691. The summed E-state index contributed by atoms with van der Waals surface area (Å²) in [7, 11) is 0. The van der Waals surface area contributed by atoms with Gasteiger partial charge in [0.25, 0.3) is 0 Å². The molecule has 0 fully saturated rings. The van der Waals surface area contributed by atoms with Crippen molar-refractivity contribution in [1.29, 1.82) is 0 Å². The van der Waals surface area contributed by atoms with Crippen molar-refractivity contribution < 1.29 is 18.7 Å². The van der Waals surface area contributed by atoms with Crippen LogP contribution in [0.5, 0.6) is 5.75 Å². The molecule has 0 saturated heterocycles. The number of fused-ring (bicyclic) bond motifs is 1. The van der Waals surface area contributed by atoms with E-state index >= 15 is 0 Å². The van der Waals surface area contributed by atoms with E-state index in [9.17, 15) is 9.59 Å².